The van der Waals surface area contributed by atoms with Gasteiger partial charge in [-0.15, -0.1) is 0 Å². The van der Waals surface area contributed by atoms with Crippen molar-refractivity contribution in [2.75, 3.05) is 11.9 Å². The summed E-state index contributed by atoms with van der Waals surface area (Å²) in [6.45, 7) is 0. The standard InChI is InChI=1S/C12H10BrNO3/c1-14(8-3-2-4-9(15)7-8)12(16)10-5-6-17-11(10)13/h2-7,15H,1H3. The molecule has 88 valence electrons. The van der Waals surface area contributed by atoms with E-state index < -0.39 is 0 Å². The first kappa shape index (κ1) is 11.7. The molecule has 0 fully saturated rings. The van der Waals surface area contributed by atoms with E-state index in [0.29, 0.717) is 15.9 Å². The number of rotatable bonds is 2. The summed E-state index contributed by atoms with van der Waals surface area (Å²) in [6.07, 6.45) is 1.44. The predicted molar refractivity (Wildman–Crippen MR) is 67.2 cm³/mol. The normalized spacial score (nSPS) is 10.2. The zero-order chi connectivity index (χ0) is 12.4. The Morgan fingerprint density at radius 2 is 2.18 bits per heavy atom. The smallest absolute Gasteiger partial charge is 0.262 e. The monoisotopic (exact) mass is 295 g/mol. The third-order valence-corrected chi connectivity index (χ3v) is 2.98. The molecule has 1 heterocycles. The molecule has 17 heavy (non-hydrogen) atoms. The van der Waals surface area contributed by atoms with Gasteiger partial charge in [-0.25, -0.2) is 0 Å². The number of hydrogen-bond donors (Lipinski definition) is 1. The molecule has 0 bridgehead atoms. The Hall–Kier alpha value is -1.75. The summed E-state index contributed by atoms with van der Waals surface area (Å²) < 4.78 is 5.41. The van der Waals surface area contributed by atoms with Crippen molar-refractivity contribution in [1.82, 2.24) is 0 Å². The van der Waals surface area contributed by atoms with E-state index in [4.69, 9.17) is 4.42 Å². The van der Waals surface area contributed by atoms with Crippen LogP contribution in [0.25, 0.3) is 0 Å². The maximum atomic E-state index is 12.1. The van der Waals surface area contributed by atoms with Crippen molar-refractivity contribution < 1.29 is 14.3 Å². The molecule has 0 aliphatic rings. The Morgan fingerprint density at radius 3 is 2.76 bits per heavy atom. The number of aromatic hydroxyl groups is 1. The number of furan rings is 1. The average Bonchev–Trinajstić information content (AvgIpc) is 2.73. The Labute approximate surface area is 107 Å². The lowest BCUT2D eigenvalue weighted by Crippen LogP contribution is -2.25. The maximum absolute atomic E-state index is 12.1. The summed E-state index contributed by atoms with van der Waals surface area (Å²) in [5.41, 5.74) is 1.05. The Morgan fingerprint density at radius 1 is 1.41 bits per heavy atom. The largest absolute Gasteiger partial charge is 0.508 e. The zero-order valence-electron chi connectivity index (χ0n) is 9.05. The van der Waals surface area contributed by atoms with E-state index in [1.54, 1.807) is 31.3 Å². The summed E-state index contributed by atoms with van der Waals surface area (Å²) in [4.78, 5) is 13.5. The van der Waals surface area contributed by atoms with Gasteiger partial charge in [-0.3, -0.25) is 4.79 Å². The van der Waals surface area contributed by atoms with Crippen LogP contribution in [0.15, 0.2) is 45.7 Å². The number of halogens is 1. The summed E-state index contributed by atoms with van der Waals surface area (Å²) in [5, 5.41) is 9.36. The molecule has 1 amide bonds. The molecular weight excluding hydrogens is 286 g/mol. The first-order chi connectivity index (χ1) is 8.09. The van der Waals surface area contributed by atoms with Gasteiger partial charge >= 0.3 is 0 Å². The van der Waals surface area contributed by atoms with Crippen molar-refractivity contribution in [3.63, 3.8) is 0 Å². The molecule has 1 aromatic carbocycles. The number of amides is 1. The molecular formula is C12H10BrNO3. The summed E-state index contributed by atoms with van der Waals surface area (Å²) >= 11 is 3.16. The number of nitrogens with zero attached hydrogens (tertiary/aromatic N) is 1. The highest BCUT2D eigenvalue weighted by Crippen LogP contribution is 2.24. The van der Waals surface area contributed by atoms with Crippen LogP contribution < -0.4 is 4.90 Å². The van der Waals surface area contributed by atoms with Crippen molar-refractivity contribution >= 4 is 27.5 Å². The molecule has 4 nitrogen and oxygen atoms in total. The van der Waals surface area contributed by atoms with Crippen LogP contribution in [0.3, 0.4) is 0 Å². The summed E-state index contributed by atoms with van der Waals surface area (Å²) in [5.74, 6) is -0.0929. The van der Waals surface area contributed by atoms with E-state index in [0.717, 1.165) is 0 Å². The van der Waals surface area contributed by atoms with Crippen LogP contribution in [0.1, 0.15) is 10.4 Å². The topological polar surface area (TPSA) is 53.7 Å². The van der Waals surface area contributed by atoms with E-state index in [9.17, 15) is 9.90 Å². The molecule has 0 spiro atoms. The van der Waals surface area contributed by atoms with Gasteiger partial charge in [-0.1, -0.05) is 6.07 Å². The first-order valence-electron chi connectivity index (χ1n) is 4.89. The molecule has 0 atom stereocenters. The molecule has 5 heteroatoms. The number of benzene rings is 1. The van der Waals surface area contributed by atoms with Crippen LogP contribution in [-0.4, -0.2) is 18.1 Å². The third kappa shape index (κ3) is 2.34. The molecule has 1 aromatic heterocycles. The van der Waals surface area contributed by atoms with Gasteiger partial charge in [0.25, 0.3) is 5.91 Å². The van der Waals surface area contributed by atoms with Crippen molar-refractivity contribution in [2.45, 2.75) is 0 Å². The molecule has 0 radical (unpaired) electrons. The van der Waals surface area contributed by atoms with Crippen LogP contribution in [0.2, 0.25) is 0 Å². The minimum Gasteiger partial charge on any atom is -0.508 e. The van der Waals surface area contributed by atoms with Crippen LogP contribution >= 0.6 is 15.9 Å². The van der Waals surface area contributed by atoms with E-state index in [-0.39, 0.29) is 11.7 Å². The fourth-order valence-electron chi connectivity index (χ4n) is 1.45. The van der Waals surface area contributed by atoms with Gasteiger partial charge in [0.2, 0.25) is 0 Å². The van der Waals surface area contributed by atoms with Gasteiger partial charge in [0.05, 0.1) is 11.8 Å². The van der Waals surface area contributed by atoms with Gasteiger partial charge in [0.15, 0.2) is 4.67 Å². The molecule has 2 rings (SSSR count). The highest BCUT2D eigenvalue weighted by atomic mass is 79.9. The molecule has 0 aliphatic heterocycles. The summed E-state index contributed by atoms with van der Waals surface area (Å²) in [7, 11) is 1.64. The van der Waals surface area contributed by atoms with Gasteiger partial charge in [-0.2, -0.15) is 0 Å². The predicted octanol–water partition coefficient (Wildman–Crippen LogP) is 3.02. The second-order valence-electron chi connectivity index (χ2n) is 3.49. The number of hydrogen-bond acceptors (Lipinski definition) is 3. The number of phenols is 1. The molecule has 0 aliphatic carbocycles. The number of carbonyl (C=O) groups excluding carboxylic acids is 1. The van der Waals surface area contributed by atoms with Gasteiger partial charge in [0, 0.05) is 18.8 Å². The fraction of sp³-hybridized carbons (Fsp3) is 0.0833. The van der Waals surface area contributed by atoms with Crippen molar-refractivity contribution in [3.05, 3.63) is 46.8 Å². The highest BCUT2D eigenvalue weighted by molar-refractivity contribution is 9.10. The number of carbonyl (C=O) groups is 1. The maximum Gasteiger partial charge on any atom is 0.262 e. The molecule has 0 unspecified atom stereocenters. The van der Waals surface area contributed by atoms with Gasteiger partial charge in [-0.05, 0) is 34.1 Å². The van der Waals surface area contributed by atoms with Gasteiger partial charge < -0.3 is 14.4 Å². The minimum atomic E-state index is -0.212. The second-order valence-corrected chi connectivity index (χ2v) is 4.21. The van der Waals surface area contributed by atoms with Crippen LogP contribution in [0, 0.1) is 0 Å². The van der Waals surface area contributed by atoms with E-state index in [2.05, 4.69) is 15.9 Å². The first-order valence-corrected chi connectivity index (χ1v) is 5.69. The Kier molecular flexibility index (Phi) is 3.19. The van der Waals surface area contributed by atoms with Crippen molar-refractivity contribution in [2.24, 2.45) is 0 Å². The average molecular weight is 296 g/mol. The number of anilines is 1. The summed E-state index contributed by atoms with van der Waals surface area (Å²) in [6, 6.07) is 8.08. The van der Waals surface area contributed by atoms with Crippen LogP contribution in [-0.2, 0) is 0 Å². The number of phenolic OH excluding ortho intramolecular Hbond substituents is 1. The Bertz CT molecular complexity index is 550. The lowest BCUT2D eigenvalue weighted by molar-refractivity contribution is 0.0991. The zero-order valence-corrected chi connectivity index (χ0v) is 10.6. The van der Waals surface area contributed by atoms with Gasteiger partial charge in [0.1, 0.15) is 5.75 Å². The SMILES string of the molecule is CN(C(=O)c1ccoc1Br)c1cccc(O)c1. The minimum absolute atomic E-state index is 0.119. The fourth-order valence-corrected chi connectivity index (χ4v) is 1.86. The van der Waals surface area contributed by atoms with Crippen LogP contribution in [0.5, 0.6) is 5.75 Å². The van der Waals surface area contributed by atoms with E-state index in [1.165, 1.54) is 17.2 Å². The molecule has 1 N–H and O–H groups in total. The van der Waals surface area contributed by atoms with Crippen molar-refractivity contribution in [3.8, 4) is 5.75 Å². The van der Waals surface area contributed by atoms with Crippen molar-refractivity contribution in [1.29, 1.82) is 0 Å². The lowest BCUT2D eigenvalue weighted by Gasteiger charge is -2.16. The molecule has 0 saturated heterocycles. The van der Waals surface area contributed by atoms with E-state index in [1.807, 2.05) is 0 Å². The lowest BCUT2D eigenvalue weighted by atomic mass is 10.2. The quantitative estimate of drug-likeness (QED) is 0.926. The third-order valence-electron chi connectivity index (χ3n) is 2.37. The Balaban J connectivity index is 2.30. The molecule has 0 saturated carbocycles. The highest BCUT2D eigenvalue weighted by Gasteiger charge is 2.18. The second kappa shape index (κ2) is 4.63. The van der Waals surface area contributed by atoms with Crippen LogP contribution in [0.4, 0.5) is 5.69 Å². The van der Waals surface area contributed by atoms with E-state index >= 15 is 0 Å². The molecule has 2 aromatic rings.